The van der Waals surface area contributed by atoms with Gasteiger partial charge in [0.2, 0.25) is 5.91 Å². The van der Waals surface area contributed by atoms with Gasteiger partial charge in [0.25, 0.3) is 0 Å². The van der Waals surface area contributed by atoms with E-state index >= 15 is 0 Å². The molecule has 0 aromatic rings. The van der Waals surface area contributed by atoms with Gasteiger partial charge in [0, 0.05) is 6.04 Å². The summed E-state index contributed by atoms with van der Waals surface area (Å²) in [4.78, 5) is 22.9. The highest BCUT2D eigenvalue weighted by Crippen LogP contribution is 2.44. The molecule has 0 spiro atoms. The Hall–Kier alpha value is -1.10. The highest BCUT2D eigenvalue weighted by atomic mass is 16.5. The molecular formula is C15H23NO4. The van der Waals surface area contributed by atoms with Gasteiger partial charge in [-0.15, -0.1) is 0 Å². The van der Waals surface area contributed by atoms with Gasteiger partial charge in [-0.2, -0.15) is 0 Å². The Morgan fingerprint density at radius 3 is 2.35 bits per heavy atom. The molecule has 0 bridgehead atoms. The summed E-state index contributed by atoms with van der Waals surface area (Å²) in [5.74, 6) is 0.352. The van der Waals surface area contributed by atoms with E-state index in [9.17, 15) is 9.59 Å². The van der Waals surface area contributed by atoms with Gasteiger partial charge >= 0.3 is 5.97 Å². The van der Waals surface area contributed by atoms with E-state index < -0.39 is 18.2 Å². The van der Waals surface area contributed by atoms with Crippen molar-refractivity contribution in [3.63, 3.8) is 0 Å². The van der Waals surface area contributed by atoms with Crippen LogP contribution in [0.15, 0.2) is 0 Å². The first-order chi connectivity index (χ1) is 9.65. The molecule has 5 heteroatoms. The van der Waals surface area contributed by atoms with E-state index in [1.165, 1.54) is 32.1 Å². The number of ether oxygens (including phenoxy) is 1. The van der Waals surface area contributed by atoms with Crippen molar-refractivity contribution in [2.75, 3.05) is 0 Å². The van der Waals surface area contributed by atoms with Crippen LogP contribution in [0.3, 0.4) is 0 Å². The van der Waals surface area contributed by atoms with Crippen LogP contribution >= 0.6 is 0 Å². The molecule has 1 amide bonds. The van der Waals surface area contributed by atoms with E-state index in [2.05, 4.69) is 5.32 Å². The number of hydrogen-bond donors (Lipinski definition) is 2. The first-order valence-corrected chi connectivity index (χ1v) is 7.84. The average Bonchev–Trinajstić information content (AvgIpc) is 3.02. The van der Waals surface area contributed by atoms with Crippen LogP contribution in [0.2, 0.25) is 0 Å². The van der Waals surface area contributed by atoms with Crippen LogP contribution in [0.4, 0.5) is 0 Å². The lowest BCUT2D eigenvalue weighted by atomic mass is 9.85. The Labute approximate surface area is 119 Å². The van der Waals surface area contributed by atoms with Crippen molar-refractivity contribution in [2.24, 2.45) is 11.8 Å². The third kappa shape index (κ3) is 2.97. The fourth-order valence-electron chi connectivity index (χ4n) is 3.75. The monoisotopic (exact) mass is 281 g/mol. The van der Waals surface area contributed by atoms with Crippen LogP contribution in [0.1, 0.15) is 51.4 Å². The molecule has 2 unspecified atom stereocenters. The number of hydrogen-bond acceptors (Lipinski definition) is 3. The van der Waals surface area contributed by atoms with E-state index in [0.29, 0.717) is 24.8 Å². The maximum Gasteiger partial charge on any atom is 0.332 e. The smallest absolute Gasteiger partial charge is 0.332 e. The molecule has 4 atom stereocenters. The molecule has 3 aliphatic rings. The number of carbonyl (C=O) groups is 2. The van der Waals surface area contributed by atoms with E-state index in [4.69, 9.17) is 9.84 Å². The van der Waals surface area contributed by atoms with Crippen LogP contribution in [-0.2, 0) is 14.3 Å². The summed E-state index contributed by atoms with van der Waals surface area (Å²) in [5.41, 5.74) is 0. The molecule has 2 aliphatic carbocycles. The maximum absolute atomic E-state index is 12.1. The number of carboxylic acid groups (broad SMARTS) is 1. The van der Waals surface area contributed by atoms with Crippen molar-refractivity contribution in [3.05, 3.63) is 0 Å². The van der Waals surface area contributed by atoms with E-state index in [1.54, 1.807) is 0 Å². The molecular weight excluding hydrogens is 258 g/mol. The molecule has 1 heterocycles. The molecule has 2 saturated carbocycles. The van der Waals surface area contributed by atoms with Crippen LogP contribution in [0, 0.1) is 11.8 Å². The lowest BCUT2D eigenvalue weighted by Crippen LogP contribution is -2.38. The van der Waals surface area contributed by atoms with E-state index in [-0.39, 0.29) is 5.91 Å². The lowest BCUT2D eigenvalue weighted by Gasteiger charge is -2.22. The van der Waals surface area contributed by atoms with E-state index in [1.807, 2.05) is 0 Å². The quantitative estimate of drug-likeness (QED) is 0.822. The number of aliphatic carboxylic acids is 1. The number of carbonyl (C=O) groups excluding carboxylic acids is 1. The number of carboxylic acids is 1. The van der Waals surface area contributed by atoms with Gasteiger partial charge in [-0.1, -0.05) is 32.1 Å². The Morgan fingerprint density at radius 1 is 1.00 bits per heavy atom. The molecule has 2 N–H and O–H groups in total. The zero-order valence-electron chi connectivity index (χ0n) is 11.7. The van der Waals surface area contributed by atoms with Gasteiger partial charge in [-0.05, 0) is 31.1 Å². The summed E-state index contributed by atoms with van der Waals surface area (Å²) in [7, 11) is 0. The zero-order chi connectivity index (χ0) is 14.1. The number of nitrogens with one attached hydrogen (secondary N) is 1. The second-order valence-corrected chi connectivity index (χ2v) is 6.44. The van der Waals surface area contributed by atoms with Gasteiger partial charge in [-0.25, -0.2) is 4.79 Å². The third-order valence-corrected chi connectivity index (χ3v) is 5.01. The van der Waals surface area contributed by atoms with Gasteiger partial charge in [-0.3, -0.25) is 4.79 Å². The SMILES string of the molecule is O=C(NC1CC1C1CCCCC1)[C@@H]1CC[C@H](C(=O)O)O1. The summed E-state index contributed by atoms with van der Waals surface area (Å²) in [5, 5.41) is 11.9. The standard InChI is InChI=1S/C15H23NO4/c17-14(12-6-7-13(20-12)15(18)19)16-11-8-10(11)9-4-2-1-3-5-9/h9-13H,1-8H2,(H,16,17)(H,18,19)/t10?,11?,12-,13+/m0/s1. The van der Waals surface area contributed by atoms with Crippen LogP contribution < -0.4 is 5.32 Å². The Bertz CT molecular complexity index is 391. The molecule has 0 aromatic heterocycles. The topological polar surface area (TPSA) is 75.6 Å². The van der Waals surface area contributed by atoms with Crippen molar-refractivity contribution < 1.29 is 19.4 Å². The summed E-state index contributed by atoms with van der Waals surface area (Å²) >= 11 is 0. The van der Waals surface area contributed by atoms with Gasteiger partial charge in [0.05, 0.1) is 0 Å². The molecule has 20 heavy (non-hydrogen) atoms. The average molecular weight is 281 g/mol. The van der Waals surface area contributed by atoms with Crippen molar-refractivity contribution in [1.29, 1.82) is 0 Å². The molecule has 3 fully saturated rings. The minimum atomic E-state index is -0.966. The highest BCUT2D eigenvalue weighted by Gasteiger charge is 2.45. The minimum Gasteiger partial charge on any atom is -0.479 e. The zero-order valence-corrected chi connectivity index (χ0v) is 11.7. The fourth-order valence-corrected chi connectivity index (χ4v) is 3.75. The first-order valence-electron chi connectivity index (χ1n) is 7.84. The molecule has 0 radical (unpaired) electrons. The fraction of sp³-hybridized carbons (Fsp3) is 0.867. The van der Waals surface area contributed by atoms with Crippen molar-refractivity contribution in [2.45, 2.75) is 69.6 Å². The normalized spacial score (nSPS) is 37.6. The predicted octanol–water partition coefficient (Wildman–Crippen LogP) is 1.70. The predicted molar refractivity (Wildman–Crippen MR) is 72.1 cm³/mol. The second-order valence-electron chi connectivity index (χ2n) is 6.44. The van der Waals surface area contributed by atoms with Crippen molar-refractivity contribution in [1.82, 2.24) is 5.32 Å². The first kappa shape index (κ1) is 13.9. The molecule has 0 aromatic carbocycles. The summed E-state index contributed by atoms with van der Waals surface area (Å²) in [6, 6.07) is 0.304. The highest BCUT2D eigenvalue weighted by molar-refractivity contribution is 5.83. The van der Waals surface area contributed by atoms with Gasteiger partial charge < -0.3 is 15.2 Å². The third-order valence-electron chi connectivity index (χ3n) is 5.01. The molecule has 112 valence electrons. The molecule has 1 aliphatic heterocycles. The van der Waals surface area contributed by atoms with Crippen LogP contribution in [0.5, 0.6) is 0 Å². The number of amides is 1. The van der Waals surface area contributed by atoms with E-state index in [0.717, 1.165) is 12.3 Å². The summed E-state index contributed by atoms with van der Waals surface area (Å²) < 4.78 is 5.28. The van der Waals surface area contributed by atoms with Crippen molar-refractivity contribution >= 4 is 11.9 Å². The number of rotatable bonds is 4. The second kappa shape index (κ2) is 5.72. The molecule has 1 saturated heterocycles. The Kier molecular flexibility index (Phi) is 3.96. The summed E-state index contributed by atoms with van der Waals surface area (Å²) in [6.45, 7) is 0. The molecule has 5 nitrogen and oxygen atoms in total. The lowest BCUT2D eigenvalue weighted by molar-refractivity contribution is -0.151. The minimum absolute atomic E-state index is 0.114. The van der Waals surface area contributed by atoms with Crippen LogP contribution in [0.25, 0.3) is 0 Å². The maximum atomic E-state index is 12.1. The van der Waals surface area contributed by atoms with Crippen molar-refractivity contribution in [3.8, 4) is 0 Å². The van der Waals surface area contributed by atoms with Gasteiger partial charge in [0.1, 0.15) is 6.10 Å². The van der Waals surface area contributed by atoms with Gasteiger partial charge in [0.15, 0.2) is 6.10 Å². The Balaban J connectivity index is 1.43. The Morgan fingerprint density at radius 2 is 1.70 bits per heavy atom. The van der Waals surface area contributed by atoms with Crippen LogP contribution in [-0.4, -0.2) is 35.2 Å². The summed E-state index contributed by atoms with van der Waals surface area (Å²) in [6.07, 6.45) is 7.28. The largest absolute Gasteiger partial charge is 0.479 e. The molecule has 3 rings (SSSR count).